The summed E-state index contributed by atoms with van der Waals surface area (Å²) in [5.74, 6) is -3.51. The zero-order valence-corrected chi connectivity index (χ0v) is 26.3. The van der Waals surface area contributed by atoms with E-state index in [2.05, 4.69) is 15.4 Å². The van der Waals surface area contributed by atoms with Gasteiger partial charge in [-0.05, 0) is 44.4 Å². The highest BCUT2D eigenvalue weighted by Gasteiger charge is 2.54. The molecule has 0 aliphatic carbocycles. The average molecular weight is 631 g/mol. The third kappa shape index (κ3) is 7.99. The van der Waals surface area contributed by atoms with Gasteiger partial charge in [0.1, 0.15) is 12.1 Å². The molecule has 1 saturated heterocycles. The molecule has 0 unspecified atom stereocenters. The van der Waals surface area contributed by atoms with Crippen molar-refractivity contribution in [2.75, 3.05) is 13.7 Å². The van der Waals surface area contributed by atoms with Gasteiger partial charge in [0.15, 0.2) is 0 Å². The van der Waals surface area contributed by atoms with Gasteiger partial charge in [-0.1, -0.05) is 61.9 Å². The third-order valence-electron chi connectivity index (χ3n) is 7.14. The van der Waals surface area contributed by atoms with Gasteiger partial charge in [-0.2, -0.15) is 4.72 Å². The maximum Gasteiger partial charge on any atom is 0.418 e. The molecule has 3 N–H and O–H groups in total. The second-order valence-electron chi connectivity index (χ2n) is 11.1. The molecular weight excluding hydrogens is 592 g/mol. The van der Waals surface area contributed by atoms with E-state index < -0.39 is 70.1 Å². The molecule has 238 valence electrons. The lowest BCUT2D eigenvalue weighted by Gasteiger charge is -2.28. The Morgan fingerprint density at radius 3 is 2.16 bits per heavy atom. The predicted octanol–water partition coefficient (Wildman–Crippen LogP) is 1.44. The molecule has 2 aromatic carbocycles. The molecule has 13 nitrogen and oxygen atoms in total. The van der Waals surface area contributed by atoms with E-state index in [0.29, 0.717) is 10.5 Å². The van der Waals surface area contributed by atoms with E-state index in [1.165, 1.54) is 33.1 Å². The number of amides is 4. The van der Waals surface area contributed by atoms with Crippen molar-refractivity contribution >= 4 is 39.8 Å². The zero-order valence-electron chi connectivity index (χ0n) is 25.4. The predicted molar refractivity (Wildman–Crippen MR) is 158 cm³/mol. The largest absolute Gasteiger partial charge is 0.467 e. The van der Waals surface area contributed by atoms with Gasteiger partial charge in [0.05, 0.1) is 24.6 Å². The Kier molecular flexibility index (Phi) is 10.9. The SMILES string of the molecule is COC(=O)[C@@H](NC(=O)[C@H](Cc1ccccc1)N1C(=O)O[C@@](C)(CNC(=O)[C@H](C)NS(=O)(=O)c2ccc(C)cc2)C1=O)C(C)C. The lowest BCUT2D eigenvalue weighted by Crippen LogP contribution is -2.57. The number of nitrogens with one attached hydrogen (secondary N) is 3. The monoisotopic (exact) mass is 630 g/mol. The van der Waals surface area contributed by atoms with E-state index in [-0.39, 0.29) is 17.2 Å². The third-order valence-corrected chi connectivity index (χ3v) is 8.70. The quantitative estimate of drug-likeness (QED) is 0.276. The summed E-state index contributed by atoms with van der Waals surface area (Å²) in [6.07, 6.45) is -1.20. The molecule has 4 atom stereocenters. The van der Waals surface area contributed by atoms with Crippen LogP contribution in [-0.4, -0.2) is 80.5 Å². The van der Waals surface area contributed by atoms with Crippen LogP contribution in [0.3, 0.4) is 0 Å². The first-order valence-electron chi connectivity index (χ1n) is 13.9. The van der Waals surface area contributed by atoms with Gasteiger partial charge in [-0.3, -0.25) is 14.4 Å². The summed E-state index contributed by atoms with van der Waals surface area (Å²) in [5, 5.41) is 5.04. The Morgan fingerprint density at radius 1 is 0.977 bits per heavy atom. The molecule has 0 saturated carbocycles. The highest BCUT2D eigenvalue weighted by molar-refractivity contribution is 7.89. The number of carbonyl (C=O) groups excluding carboxylic acids is 5. The second-order valence-corrected chi connectivity index (χ2v) is 12.8. The number of imide groups is 1. The van der Waals surface area contributed by atoms with Gasteiger partial charge in [0, 0.05) is 6.42 Å². The Labute approximate surface area is 256 Å². The molecule has 2 aromatic rings. The van der Waals surface area contributed by atoms with Crippen molar-refractivity contribution in [3.05, 3.63) is 65.7 Å². The fraction of sp³-hybridized carbons (Fsp3) is 0.433. The number of cyclic esters (lactones) is 1. The number of hydrogen-bond acceptors (Lipinski definition) is 9. The average Bonchev–Trinajstić information content (AvgIpc) is 3.20. The number of nitrogens with zero attached hydrogens (tertiary/aromatic N) is 1. The maximum atomic E-state index is 13.7. The number of hydrogen-bond donors (Lipinski definition) is 3. The minimum Gasteiger partial charge on any atom is -0.467 e. The van der Waals surface area contributed by atoms with Gasteiger partial charge in [-0.25, -0.2) is 22.9 Å². The summed E-state index contributed by atoms with van der Waals surface area (Å²) in [7, 11) is -2.84. The minimum absolute atomic E-state index is 0.0279. The minimum atomic E-state index is -4.03. The summed E-state index contributed by atoms with van der Waals surface area (Å²) in [5.41, 5.74) is -0.416. The summed E-state index contributed by atoms with van der Waals surface area (Å²) in [4.78, 5) is 66.1. The highest BCUT2D eigenvalue weighted by Crippen LogP contribution is 2.27. The van der Waals surface area contributed by atoms with E-state index in [4.69, 9.17) is 9.47 Å². The molecule has 44 heavy (non-hydrogen) atoms. The van der Waals surface area contributed by atoms with Gasteiger partial charge >= 0.3 is 12.1 Å². The van der Waals surface area contributed by atoms with Crippen LogP contribution in [0.15, 0.2) is 59.5 Å². The maximum absolute atomic E-state index is 13.7. The highest BCUT2D eigenvalue weighted by atomic mass is 32.2. The number of rotatable bonds is 13. The van der Waals surface area contributed by atoms with Crippen LogP contribution >= 0.6 is 0 Å². The lowest BCUT2D eigenvalue weighted by molar-refractivity contribution is -0.147. The fourth-order valence-corrected chi connectivity index (χ4v) is 5.70. The fourth-order valence-electron chi connectivity index (χ4n) is 4.50. The molecule has 4 amide bonds. The molecule has 1 fully saturated rings. The molecule has 14 heteroatoms. The number of sulfonamides is 1. The summed E-state index contributed by atoms with van der Waals surface area (Å²) >= 11 is 0. The second kappa shape index (κ2) is 14.0. The Morgan fingerprint density at radius 2 is 1.59 bits per heavy atom. The smallest absolute Gasteiger partial charge is 0.418 e. The van der Waals surface area contributed by atoms with E-state index in [9.17, 15) is 32.4 Å². The summed E-state index contributed by atoms with van der Waals surface area (Å²) in [6, 6.07) is 11.0. The van der Waals surface area contributed by atoms with Crippen LogP contribution in [0.5, 0.6) is 0 Å². The molecule has 0 spiro atoms. The lowest BCUT2D eigenvalue weighted by atomic mass is 9.99. The van der Waals surface area contributed by atoms with E-state index in [1.807, 2.05) is 0 Å². The first kappa shape index (κ1) is 34.2. The van der Waals surface area contributed by atoms with Gasteiger partial charge < -0.3 is 20.1 Å². The van der Waals surface area contributed by atoms with Crippen molar-refractivity contribution in [1.82, 2.24) is 20.3 Å². The molecule has 0 radical (unpaired) electrons. The van der Waals surface area contributed by atoms with Gasteiger partial charge in [0.2, 0.25) is 27.4 Å². The van der Waals surface area contributed by atoms with E-state index in [0.717, 1.165) is 5.56 Å². The standard InChI is InChI=1S/C30H38N4O9S/c1-18(2)24(27(37)42-6)32-26(36)23(16-21-10-8-7-9-11-21)34-28(38)30(5,43-29(34)39)17-31-25(35)20(4)33-44(40,41)22-14-12-19(3)13-15-22/h7-15,18,20,23-24,33H,16-17H2,1-6H3,(H,31,35)(H,32,36)/t20-,23-,24-,30-/m0/s1. The Hall–Kier alpha value is -4.30. The van der Waals surface area contributed by atoms with Gasteiger partial charge in [-0.15, -0.1) is 0 Å². The normalized spacial score (nSPS) is 18.8. The van der Waals surface area contributed by atoms with Crippen LogP contribution in [0.4, 0.5) is 4.79 Å². The van der Waals surface area contributed by atoms with Crippen LogP contribution in [0.2, 0.25) is 0 Å². The molecule has 1 heterocycles. The molecular formula is C30H38N4O9S. The molecule has 0 bridgehead atoms. The molecule has 1 aliphatic heterocycles. The molecule has 3 rings (SSSR count). The van der Waals surface area contributed by atoms with Crippen LogP contribution in [0.1, 0.15) is 38.8 Å². The summed E-state index contributed by atoms with van der Waals surface area (Å²) < 4.78 is 37.9. The Bertz CT molecular complexity index is 1500. The van der Waals surface area contributed by atoms with Crippen molar-refractivity contribution in [3.63, 3.8) is 0 Å². The topological polar surface area (TPSA) is 177 Å². The number of ether oxygens (including phenoxy) is 2. The molecule has 0 aromatic heterocycles. The number of aryl methyl sites for hydroxylation is 1. The van der Waals surface area contributed by atoms with Crippen molar-refractivity contribution in [2.45, 2.75) is 69.7 Å². The number of esters is 1. The number of benzene rings is 2. The first-order valence-corrected chi connectivity index (χ1v) is 15.4. The van der Waals surface area contributed by atoms with Gasteiger partial charge in [0.25, 0.3) is 5.91 Å². The van der Waals surface area contributed by atoms with Crippen molar-refractivity contribution in [2.24, 2.45) is 5.92 Å². The first-order chi connectivity index (χ1) is 20.6. The molecule has 1 aliphatic rings. The Balaban J connectivity index is 1.77. The van der Waals surface area contributed by atoms with Crippen LogP contribution in [-0.2, 0) is 45.1 Å². The van der Waals surface area contributed by atoms with Crippen LogP contribution in [0.25, 0.3) is 0 Å². The van der Waals surface area contributed by atoms with Crippen molar-refractivity contribution in [1.29, 1.82) is 0 Å². The zero-order chi connectivity index (χ0) is 32.8. The number of carbonyl (C=O) groups is 5. The van der Waals surface area contributed by atoms with E-state index in [1.54, 1.807) is 63.2 Å². The van der Waals surface area contributed by atoms with Crippen molar-refractivity contribution in [3.8, 4) is 0 Å². The van der Waals surface area contributed by atoms with Crippen LogP contribution in [0, 0.1) is 12.8 Å². The van der Waals surface area contributed by atoms with Crippen LogP contribution < -0.4 is 15.4 Å². The summed E-state index contributed by atoms with van der Waals surface area (Å²) in [6.45, 7) is 7.30. The number of methoxy groups -OCH3 is 1. The van der Waals surface area contributed by atoms with Crippen molar-refractivity contribution < 1.29 is 41.9 Å². The van der Waals surface area contributed by atoms with E-state index >= 15 is 0 Å².